The van der Waals surface area contributed by atoms with Crippen LogP contribution in [0.15, 0.2) is 54.9 Å². The summed E-state index contributed by atoms with van der Waals surface area (Å²) in [6, 6.07) is 14.5. The fourth-order valence-electron chi connectivity index (χ4n) is 5.77. The molecule has 1 N–H and O–H groups in total. The maximum atomic E-state index is 11.1. The average Bonchev–Trinajstić information content (AvgIpc) is 3.41. The van der Waals surface area contributed by atoms with Gasteiger partial charge in [0.1, 0.15) is 5.82 Å². The second-order valence-electron chi connectivity index (χ2n) is 9.83. The van der Waals surface area contributed by atoms with Crippen LogP contribution in [-0.2, 0) is 19.5 Å². The molecule has 8 heteroatoms. The highest BCUT2D eigenvalue weighted by molar-refractivity contribution is 5.94. The molecule has 0 unspecified atom stereocenters. The molecule has 3 aliphatic rings. The topological polar surface area (TPSA) is 71.2 Å². The first kappa shape index (κ1) is 22.2. The average molecular weight is 498 g/mol. The van der Waals surface area contributed by atoms with Gasteiger partial charge in [0, 0.05) is 56.8 Å². The Bertz CT molecular complexity index is 1500. The number of ether oxygens (including phenoxy) is 3. The van der Waals surface area contributed by atoms with Gasteiger partial charge in [-0.15, -0.1) is 0 Å². The van der Waals surface area contributed by atoms with E-state index in [-0.39, 0.29) is 12.5 Å². The standard InChI is InChI=1S/C29H28N4O4/c1-35-27-13-20(16-31-8-10-32(11-9-31)28-4-2-3-6-30-28)21-14-24-22-15-26-25(36-18-37-26)12-19(22)5-7-33(24)17-23(21)29(27)34/h2-4,6,12-15,17H,5,7-11,16,18H2,1H3/p+1. The van der Waals surface area contributed by atoms with E-state index in [0.29, 0.717) is 5.75 Å². The summed E-state index contributed by atoms with van der Waals surface area (Å²) in [7, 11) is 1.61. The number of anilines is 1. The van der Waals surface area contributed by atoms with Gasteiger partial charge in [-0.1, -0.05) is 6.07 Å². The molecule has 37 heavy (non-hydrogen) atoms. The number of aryl methyl sites for hydroxylation is 2. The highest BCUT2D eigenvalue weighted by atomic mass is 16.7. The predicted octanol–water partition coefficient (Wildman–Crippen LogP) is 3.51. The number of nitrogens with zero attached hydrogens (tertiary/aromatic N) is 4. The Kier molecular flexibility index (Phi) is 5.28. The van der Waals surface area contributed by atoms with Crippen molar-refractivity contribution in [3.05, 3.63) is 66.0 Å². The Balaban J connectivity index is 1.25. The molecule has 2 aromatic heterocycles. The van der Waals surface area contributed by atoms with Gasteiger partial charge in [-0.2, -0.15) is 4.57 Å². The molecule has 0 amide bonds. The SMILES string of the molecule is COc1cc(CN2CCN(c3ccccn3)CC2)c2cc3[n+](cc2c1O)CCc1cc2c(cc1-3)OCO2. The van der Waals surface area contributed by atoms with Crippen LogP contribution < -0.4 is 23.7 Å². The lowest BCUT2D eigenvalue weighted by Gasteiger charge is -2.35. The van der Waals surface area contributed by atoms with Crippen LogP contribution in [0.1, 0.15) is 11.1 Å². The highest BCUT2D eigenvalue weighted by Gasteiger charge is 2.29. The van der Waals surface area contributed by atoms with Gasteiger partial charge in [-0.05, 0) is 41.5 Å². The molecule has 0 aliphatic carbocycles. The van der Waals surface area contributed by atoms with E-state index in [1.807, 2.05) is 24.4 Å². The predicted molar refractivity (Wildman–Crippen MR) is 139 cm³/mol. The quantitative estimate of drug-likeness (QED) is 0.433. The molecule has 0 bridgehead atoms. The molecular formula is C29H29N4O4+. The van der Waals surface area contributed by atoms with Crippen LogP contribution in [0.25, 0.3) is 22.0 Å². The van der Waals surface area contributed by atoms with E-state index in [0.717, 1.165) is 90.6 Å². The lowest BCUT2D eigenvalue weighted by molar-refractivity contribution is -0.686. The fraction of sp³-hybridized carbons (Fsp3) is 0.310. The van der Waals surface area contributed by atoms with Crippen LogP contribution in [0.3, 0.4) is 0 Å². The molecule has 0 atom stereocenters. The van der Waals surface area contributed by atoms with Crippen LogP contribution in [0.2, 0.25) is 0 Å². The maximum absolute atomic E-state index is 11.1. The van der Waals surface area contributed by atoms with Crippen molar-refractivity contribution in [3.8, 4) is 34.3 Å². The van der Waals surface area contributed by atoms with Crippen molar-refractivity contribution in [3.63, 3.8) is 0 Å². The zero-order chi connectivity index (χ0) is 24.9. The summed E-state index contributed by atoms with van der Waals surface area (Å²) in [5.74, 6) is 3.33. The third-order valence-electron chi connectivity index (χ3n) is 7.76. The summed E-state index contributed by atoms with van der Waals surface area (Å²) in [5.41, 5.74) is 4.68. The maximum Gasteiger partial charge on any atom is 0.231 e. The number of fused-ring (bicyclic) bond motifs is 5. The number of phenolic OH excluding ortho intramolecular Hbond substituents is 1. The largest absolute Gasteiger partial charge is 0.504 e. The molecule has 1 fully saturated rings. The summed E-state index contributed by atoms with van der Waals surface area (Å²) in [6.07, 6.45) is 4.81. The van der Waals surface area contributed by atoms with E-state index < -0.39 is 0 Å². The lowest BCUT2D eigenvalue weighted by atomic mass is 9.94. The molecule has 5 heterocycles. The first-order valence-electron chi connectivity index (χ1n) is 12.8. The molecule has 0 radical (unpaired) electrons. The monoisotopic (exact) mass is 497 g/mol. The van der Waals surface area contributed by atoms with Crippen molar-refractivity contribution in [2.45, 2.75) is 19.5 Å². The van der Waals surface area contributed by atoms with Crippen molar-refractivity contribution < 1.29 is 23.9 Å². The van der Waals surface area contributed by atoms with E-state index in [4.69, 9.17) is 14.2 Å². The summed E-state index contributed by atoms with van der Waals surface area (Å²) in [6.45, 7) is 5.61. The minimum Gasteiger partial charge on any atom is -0.504 e. The molecular weight excluding hydrogens is 468 g/mol. The molecule has 4 aromatic rings. The van der Waals surface area contributed by atoms with Gasteiger partial charge in [-0.25, -0.2) is 4.98 Å². The number of rotatable bonds is 4. The number of aromatic hydroxyl groups is 1. The van der Waals surface area contributed by atoms with E-state index in [1.165, 1.54) is 5.56 Å². The van der Waals surface area contributed by atoms with Crippen LogP contribution >= 0.6 is 0 Å². The molecule has 1 saturated heterocycles. The Morgan fingerprint density at radius 1 is 1.03 bits per heavy atom. The Labute approximate surface area is 215 Å². The number of piperazine rings is 1. The number of pyridine rings is 2. The minimum absolute atomic E-state index is 0.188. The summed E-state index contributed by atoms with van der Waals surface area (Å²) < 4.78 is 19.1. The summed E-state index contributed by atoms with van der Waals surface area (Å²) in [5, 5.41) is 12.9. The molecule has 3 aliphatic heterocycles. The number of methoxy groups -OCH3 is 1. The lowest BCUT2D eigenvalue weighted by Crippen LogP contribution is -2.46. The first-order valence-corrected chi connectivity index (χ1v) is 12.8. The molecule has 8 nitrogen and oxygen atoms in total. The van der Waals surface area contributed by atoms with Gasteiger partial charge < -0.3 is 24.2 Å². The number of phenols is 1. The number of benzene rings is 2. The zero-order valence-electron chi connectivity index (χ0n) is 20.8. The first-order chi connectivity index (χ1) is 18.2. The number of hydrogen-bond donors (Lipinski definition) is 1. The Morgan fingerprint density at radius 2 is 1.86 bits per heavy atom. The third kappa shape index (κ3) is 3.79. The number of hydrogen-bond acceptors (Lipinski definition) is 7. The normalized spacial score (nSPS) is 16.5. The van der Waals surface area contributed by atoms with Crippen LogP contribution in [0, 0.1) is 0 Å². The Hall–Kier alpha value is -4.04. The van der Waals surface area contributed by atoms with Crippen molar-refractivity contribution in [2.75, 3.05) is 45.0 Å². The molecule has 7 rings (SSSR count). The van der Waals surface area contributed by atoms with Crippen LogP contribution in [0.4, 0.5) is 5.82 Å². The van der Waals surface area contributed by atoms with E-state index in [9.17, 15) is 5.11 Å². The van der Waals surface area contributed by atoms with Crippen molar-refractivity contribution in [1.82, 2.24) is 9.88 Å². The van der Waals surface area contributed by atoms with E-state index in [1.54, 1.807) is 7.11 Å². The van der Waals surface area contributed by atoms with Crippen LogP contribution in [-0.4, -0.2) is 55.1 Å². The number of aromatic nitrogens is 2. The molecule has 2 aromatic carbocycles. The summed E-state index contributed by atoms with van der Waals surface area (Å²) in [4.78, 5) is 9.30. The van der Waals surface area contributed by atoms with E-state index in [2.05, 4.69) is 49.8 Å². The Morgan fingerprint density at radius 3 is 2.65 bits per heavy atom. The van der Waals surface area contributed by atoms with Gasteiger partial charge in [0.2, 0.25) is 12.5 Å². The zero-order valence-corrected chi connectivity index (χ0v) is 20.8. The molecule has 0 spiro atoms. The highest BCUT2D eigenvalue weighted by Crippen LogP contribution is 2.42. The van der Waals surface area contributed by atoms with Crippen molar-refractivity contribution in [1.29, 1.82) is 0 Å². The van der Waals surface area contributed by atoms with Crippen molar-refractivity contribution in [2.24, 2.45) is 0 Å². The van der Waals surface area contributed by atoms with Gasteiger partial charge in [0.05, 0.1) is 18.1 Å². The van der Waals surface area contributed by atoms with Gasteiger partial charge >= 0.3 is 0 Å². The fourth-order valence-corrected chi connectivity index (χ4v) is 5.77. The van der Waals surface area contributed by atoms with Crippen LogP contribution in [0.5, 0.6) is 23.0 Å². The summed E-state index contributed by atoms with van der Waals surface area (Å²) >= 11 is 0. The molecule has 188 valence electrons. The third-order valence-corrected chi connectivity index (χ3v) is 7.76. The van der Waals surface area contributed by atoms with Gasteiger partial charge in [0.15, 0.2) is 35.7 Å². The van der Waals surface area contributed by atoms with Crippen molar-refractivity contribution >= 4 is 16.6 Å². The minimum atomic E-state index is 0.188. The smallest absolute Gasteiger partial charge is 0.231 e. The van der Waals surface area contributed by atoms with E-state index >= 15 is 0 Å². The second-order valence-corrected chi connectivity index (χ2v) is 9.83. The second kappa shape index (κ2) is 8.81. The van der Waals surface area contributed by atoms with Gasteiger partial charge in [0.25, 0.3) is 0 Å². The van der Waals surface area contributed by atoms with Gasteiger partial charge in [-0.3, -0.25) is 4.90 Å². The molecule has 0 saturated carbocycles.